The maximum Gasteiger partial charge on any atom is 0.268 e. The van der Waals surface area contributed by atoms with Crippen LogP contribution in [0.4, 0.5) is 0 Å². The predicted octanol–water partition coefficient (Wildman–Crippen LogP) is 0.255. The fourth-order valence-corrected chi connectivity index (χ4v) is 1.56. The first-order valence-corrected chi connectivity index (χ1v) is 5.73. The van der Waals surface area contributed by atoms with Crippen molar-refractivity contribution in [1.29, 1.82) is 0 Å². The van der Waals surface area contributed by atoms with Crippen molar-refractivity contribution in [3.8, 4) is 5.75 Å². The highest BCUT2D eigenvalue weighted by atomic mass is 16.7. The average molecular weight is 262 g/mol. The van der Waals surface area contributed by atoms with Crippen LogP contribution in [0.25, 0.3) is 6.08 Å². The van der Waals surface area contributed by atoms with Gasteiger partial charge in [-0.15, -0.1) is 0 Å². The smallest absolute Gasteiger partial charge is 0.268 e. The summed E-state index contributed by atoms with van der Waals surface area (Å²) < 4.78 is 5.03. The van der Waals surface area contributed by atoms with Crippen molar-refractivity contribution in [2.45, 2.75) is 6.04 Å². The van der Waals surface area contributed by atoms with Crippen molar-refractivity contribution in [3.05, 3.63) is 35.9 Å². The quantitative estimate of drug-likeness (QED) is 0.763. The molecule has 1 heterocycles. The second-order valence-corrected chi connectivity index (χ2v) is 3.94. The maximum absolute atomic E-state index is 11.6. The zero-order valence-corrected chi connectivity index (χ0v) is 10.4. The second-order valence-electron chi connectivity index (χ2n) is 3.94. The summed E-state index contributed by atoms with van der Waals surface area (Å²) in [5.74, 6) is 0.0639. The molecule has 0 aromatic heterocycles. The third-order valence-corrected chi connectivity index (χ3v) is 2.60. The molecule has 1 aliphatic heterocycles. The summed E-state index contributed by atoms with van der Waals surface area (Å²) in [7, 11) is 1.59. The van der Waals surface area contributed by atoms with Gasteiger partial charge in [-0.05, 0) is 23.8 Å². The molecule has 1 aromatic rings. The van der Waals surface area contributed by atoms with E-state index in [0.717, 1.165) is 11.3 Å². The standard InChI is InChI=1S/C13H14N2O4/c1-18-10-5-2-9(3-6-10)4-7-12(16)14-11-8-19-15-13(11)17/h2-7,11H,8H2,1H3,(H,14,16)(H,15,17)/b7-4+/t11-/m1/s1. The Balaban J connectivity index is 1.90. The molecular formula is C13H14N2O4. The van der Waals surface area contributed by atoms with Gasteiger partial charge in [-0.1, -0.05) is 12.1 Å². The third kappa shape index (κ3) is 3.56. The lowest BCUT2D eigenvalue weighted by Gasteiger charge is -2.05. The molecule has 1 atom stereocenters. The van der Waals surface area contributed by atoms with Gasteiger partial charge in [0.05, 0.1) is 7.11 Å². The first kappa shape index (κ1) is 13.1. The molecule has 19 heavy (non-hydrogen) atoms. The highest BCUT2D eigenvalue weighted by Crippen LogP contribution is 2.12. The Morgan fingerprint density at radius 1 is 1.47 bits per heavy atom. The van der Waals surface area contributed by atoms with Gasteiger partial charge in [0.2, 0.25) is 5.91 Å². The molecule has 6 nitrogen and oxygen atoms in total. The SMILES string of the molecule is COc1ccc(/C=C/C(=O)N[C@@H]2CONC2=O)cc1. The van der Waals surface area contributed by atoms with E-state index < -0.39 is 6.04 Å². The number of amides is 2. The number of ether oxygens (including phenoxy) is 1. The van der Waals surface area contributed by atoms with Crippen molar-refractivity contribution in [3.63, 3.8) is 0 Å². The lowest BCUT2D eigenvalue weighted by atomic mass is 10.2. The maximum atomic E-state index is 11.6. The first-order chi connectivity index (χ1) is 9.19. The molecule has 1 aromatic carbocycles. The number of benzene rings is 1. The van der Waals surface area contributed by atoms with E-state index in [0.29, 0.717) is 0 Å². The van der Waals surface area contributed by atoms with E-state index in [1.807, 2.05) is 12.1 Å². The lowest BCUT2D eigenvalue weighted by molar-refractivity contribution is -0.127. The van der Waals surface area contributed by atoms with Crippen LogP contribution >= 0.6 is 0 Å². The van der Waals surface area contributed by atoms with Crippen LogP contribution in [0.1, 0.15) is 5.56 Å². The van der Waals surface area contributed by atoms with Crippen molar-refractivity contribution >= 4 is 17.9 Å². The Morgan fingerprint density at radius 2 is 2.21 bits per heavy atom. The van der Waals surface area contributed by atoms with Gasteiger partial charge in [-0.25, -0.2) is 5.48 Å². The van der Waals surface area contributed by atoms with Crippen molar-refractivity contribution in [1.82, 2.24) is 10.8 Å². The Kier molecular flexibility index (Phi) is 4.15. The van der Waals surface area contributed by atoms with Crippen LogP contribution in [0, 0.1) is 0 Å². The summed E-state index contributed by atoms with van der Waals surface area (Å²) in [5, 5.41) is 2.53. The lowest BCUT2D eigenvalue weighted by Crippen LogP contribution is -2.40. The fraction of sp³-hybridized carbons (Fsp3) is 0.231. The number of hydrogen-bond donors (Lipinski definition) is 2. The summed E-state index contributed by atoms with van der Waals surface area (Å²) in [6.07, 6.45) is 3.02. The minimum absolute atomic E-state index is 0.140. The first-order valence-electron chi connectivity index (χ1n) is 5.73. The van der Waals surface area contributed by atoms with Crippen molar-refractivity contribution in [2.24, 2.45) is 0 Å². The molecule has 1 fully saturated rings. The fourth-order valence-electron chi connectivity index (χ4n) is 1.56. The molecule has 2 N–H and O–H groups in total. The van der Waals surface area contributed by atoms with Gasteiger partial charge in [0.1, 0.15) is 18.4 Å². The Hall–Kier alpha value is -2.34. The van der Waals surface area contributed by atoms with E-state index in [2.05, 4.69) is 10.8 Å². The van der Waals surface area contributed by atoms with Crippen LogP contribution in [0.5, 0.6) is 5.75 Å². The molecule has 0 unspecified atom stereocenters. The number of hydrogen-bond acceptors (Lipinski definition) is 4. The second kappa shape index (κ2) is 6.01. The van der Waals surface area contributed by atoms with E-state index in [1.54, 1.807) is 25.3 Å². The summed E-state index contributed by atoms with van der Waals surface area (Å²) in [5.41, 5.74) is 3.03. The summed E-state index contributed by atoms with van der Waals surface area (Å²) >= 11 is 0. The van der Waals surface area contributed by atoms with Crippen LogP contribution in [0.15, 0.2) is 30.3 Å². The van der Waals surface area contributed by atoms with E-state index >= 15 is 0 Å². The minimum Gasteiger partial charge on any atom is -0.497 e. The molecule has 100 valence electrons. The van der Waals surface area contributed by atoms with Crippen molar-refractivity contribution in [2.75, 3.05) is 13.7 Å². The minimum atomic E-state index is -0.631. The summed E-state index contributed by atoms with van der Waals surface area (Å²) in [4.78, 5) is 27.5. The molecule has 2 rings (SSSR count). The molecule has 1 aliphatic rings. The predicted molar refractivity (Wildman–Crippen MR) is 68.1 cm³/mol. The van der Waals surface area contributed by atoms with Gasteiger partial charge in [0.25, 0.3) is 5.91 Å². The number of hydroxylamine groups is 1. The molecule has 6 heteroatoms. The molecule has 0 spiro atoms. The molecule has 0 aliphatic carbocycles. The Morgan fingerprint density at radius 3 is 2.79 bits per heavy atom. The number of carbonyl (C=O) groups is 2. The highest BCUT2D eigenvalue weighted by molar-refractivity contribution is 5.95. The highest BCUT2D eigenvalue weighted by Gasteiger charge is 2.26. The monoisotopic (exact) mass is 262 g/mol. The molecule has 1 saturated heterocycles. The van der Waals surface area contributed by atoms with Crippen LogP contribution in [-0.2, 0) is 14.4 Å². The Labute approximate surface area is 110 Å². The largest absolute Gasteiger partial charge is 0.497 e. The normalized spacial score (nSPS) is 18.4. The van der Waals surface area contributed by atoms with Crippen molar-refractivity contribution < 1.29 is 19.2 Å². The molecule has 2 amide bonds. The van der Waals surface area contributed by atoms with E-state index in [1.165, 1.54) is 6.08 Å². The molecule has 0 radical (unpaired) electrons. The van der Waals surface area contributed by atoms with Crippen LogP contribution < -0.4 is 15.5 Å². The van der Waals surface area contributed by atoms with Crippen LogP contribution in [0.3, 0.4) is 0 Å². The topological polar surface area (TPSA) is 76.7 Å². The average Bonchev–Trinajstić information content (AvgIpc) is 2.82. The zero-order valence-electron chi connectivity index (χ0n) is 10.4. The summed E-state index contributed by atoms with van der Waals surface area (Å²) in [6, 6.07) is 6.63. The Bertz CT molecular complexity index is 496. The zero-order chi connectivity index (χ0) is 13.7. The molecule has 0 saturated carbocycles. The van der Waals surface area contributed by atoms with Gasteiger partial charge in [-0.3, -0.25) is 14.4 Å². The van der Waals surface area contributed by atoms with Gasteiger partial charge < -0.3 is 10.1 Å². The van der Waals surface area contributed by atoms with Gasteiger partial charge in [0, 0.05) is 6.08 Å². The van der Waals surface area contributed by atoms with Gasteiger partial charge >= 0.3 is 0 Å². The molecular weight excluding hydrogens is 248 g/mol. The van der Waals surface area contributed by atoms with Gasteiger partial charge in [0.15, 0.2) is 0 Å². The van der Waals surface area contributed by atoms with E-state index in [-0.39, 0.29) is 18.4 Å². The number of methoxy groups -OCH3 is 1. The van der Waals surface area contributed by atoms with E-state index in [9.17, 15) is 9.59 Å². The van der Waals surface area contributed by atoms with Gasteiger partial charge in [-0.2, -0.15) is 0 Å². The number of nitrogens with one attached hydrogen (secondary N) is 2. The van der Waals surface area contributed by atoms with Crippen LogP contribution in [0.2, 0.25) is 0 Å². The molecule has 0 bridgehead atoms. The number of rotatable bonds is 4. The number of carbonyl (C=O) groups excluding carboxylic acids is 2. The summed E-state index contributed by atoms with van der Waals surface area (Å²) in [6.45, 7) is 0.140. The van der Waals surface area contributed by atoms with E-state index in [4.69, 9.17) is 9.57 Å². The third-order valence-electron chi connectivity index (χ3n) is 2.60. The van der Waals surface area contributed by atoms with Crippen LogP contribution in [-0.4, -0.2) is 31.6 Å².